The van der Waals surface area contributed by atoms with Crippen molar-refractivity contribution in [1.82, 2.24) is 9.80 Å². The summed E-state index contributed by atoms with van der Waals surface area (Å²) in [4.78, 5) is 18.2. The minimum atomic E-state index is -4.32. The van der Waals surface area contributed by atoms with Gasteiger partial charge in [-0.2, -0.15) is 13.2 Å². The van der Waals surface area contributed by atoms with Crippen LogP contribution in [-0.4, -0.2) is 61.0 Å². The lowest BCUT2D eigenvalue weighted by Gasteiger charge is -2.43. The van der Waals surface area contributed by atoms with Crippen molar-refractivity contribution in [1.29, 1.82) is 0 Å². The van der Waals surface area contributed by atoms with Crippen LogP contribution in [0, 0.1) is 11.8 Å². The van der Waals surface area contributed by atoms with Crippen LogP contribution in [0.25, 0.3) is 0 Å². The van der Waals surface area contributed by atoms with Crippen molar-refractivity contribution in [2.45, 2.75) is 32.0 Å². The Morgan fingerprint density at radius 2 is 1.89 bits per heavy atom. The molecule has 1 amide bonds. The molecule has 0 N–H and O–H groups in total. The maximum atomic E-state index is 12.9. The molecule has 2 saturated heterocycles. The number of carbonyl (C=O) groups is 1. The Bertz CT molecular complexity index is 730. The molecule has 27 heavy (non-hydrogen) atoms. The number of halogens is 3. The number of anilines is 1. The first-order valence-corrected chi connectivity index (χ1v) is 9.26. The second-order valence-corrected chi connectivity index (χ2v) is 6.99. The van der Waals surface area contributed by atoms with E-state index in [0.29, 0.717) is 31.4 Å². The van der Waals surface area contributed by atoms with Crippen LogP contribution in [0.15, 0.2) is 24.3 Å². The first kappa shape index (κ1) is 19.6. The van der Waals surface area contributed by atoms with Crippen LogP contribution < -0.4 is 4.90 Å². The number of benzene rings is 1. The summed E-state index contributed by atoms with van der Waals surface area (Å²) in [5.41, 5.74) is 0.00374. The Hall–Kier alpha value is -2.20. The van der Waals surface area contributed by atoms with Gasteiger partial charge in [-0.3, -0.25) is 9.69 Å². The van der Waals surface area contributed by atoms with Gasteiger partial charge >= 0.3 is 6.18 Å². The number of rotatable bonds is 2. The summed E-state index contributed by atoms with van der Waals surface area (Å²) in [6.45, 7) is 6.00. The molecule has 146 valence electrons. The number of piperidine rings is 1. The van der Waals surface area contributed by atoms with Crippen LogP contribution >= 0.6 is 0 Å². The molecule has 0 aromatic heterocycles. The third-order valence-corrected chi connectivity index (χ3v) is 5.28. The molecule has 0 aliphatic carbocycles. The summed E-state index contributed by atoms with van der Waals surface area (Å²) in [5.74, 6) is 5.14. The lowest BCUT2D eigenvalue weighted by molar-refractivity contribution is -0.137. The minimum Gasteiger partial charge on any atom is -0.369 e. The molecule has 7 heteroatoms. The van der Waals surface area contributed by atoms with Gasteiger partial charge in [-0.1, -0.05) is 12.0 Å². The molecule has 2 aliphatic rings. The largest absolute Gasteiger partial charge is 0.416 e. The Balaban J connectivity index is 1.59. The summed E-state index contributed by atoms with van der Waals surface area (Å²) in [5, 5.41) is 0. The highest BCUT2D eigenvalue weighted by molar-refractivity contribution is 5.93. The number of hydrogen-bond donors (Lipinski definition) is 0. The molecule has 1 aromatic rings. The molecule has 0 radical (unpaired) electrons. The topological polar surface area (TPSA) is 26.8 Å². The molecule has 0 saturated carbocycles. The van der Waals surface area contributed by atoms with E-state index in [0.717, 1.165) is 38.5 Å². The van der Waals surface area contributed by atoms with Gasteiger partial charge in [0.25, 0.3) is 5.91 Å². The van der Waals surface area contributed by atoms with Gasteiger partial charge in [-0.25, -0.2) is 0 Å². The minimum absolute atomic E-state index is 0.121. The Kier molecular flexibility index (Phi) is 5.95. The molecule has 2 fully saturated rings. The van der Waals surface area contributed by atoms with E-state index in [9.17, 15) is 18.0 Å². The van der Waals surface area contributed by atoms with Gasteiger partial charge in [-0.05, 0) is 43.9 Å². The molecule has 2 heterocycles. The summed E-state index contributed by atoms with van der Waals surface area (Å²) in [6, 6.07) is 5.82. The zero-order valence-corrected chi connectivity index (χ0v) is 15.4. The van der Waals surface area contributed by atoms with Gasteiger partial charge in [0.2, 0.25) is 0 Å². The molecule has 2 aliphatic heterocycles. The second-order valence-electron chi connectivity index (χ2n) is 6.99. The lowest BCUT2D eigenvalue weighted by atomic mass is 10.0. The van der Waals surface area contributed by atoms with E-state index in [1.54, 1.807) is 13.0 Å². The van der Waals surface area contributed by atoms with Gasteiger partial charge in [0.15, 0.2) is 0 Å². The van der Waals surface area contributed by atoms with Crippen molar-refractivity contribution in [3.8, 4) is 11.8 Å². The highest BCUT2D eigenvalue weighted by atomic mass is 19.4. The number of piperazine rings is 1. The Labute approximate surface area is 157 Å². The summed E-state index contributed by atoms with van der Waals surface area (Å²) < 4.78 is 38.8. The number of likely N-dealkylation sites (tertiary alicyclic amines) is 1. The second kappa shape index (κ2) is 8.22. The first-order chi connectivity index (χ1) is 12.9. The first-order valence-electron chi connectivity index (χ1n) is 9.26. The van der Waals surface area contributed by atoms with Crippen LogP contribution in [0.3, 0.4) is 0 Å². The normalized spacial score (nSPS) is 21.6. The van der Waals surface area contributed by atoms with E-state index in [-0.39, 0.29) is 5.91 Å². The van der Waals surface area contributed by atoms with Gasteiger partial charge in [0.05, 0.1) is 5.56 Å². The highest BCUT2D eigenvalue weighted by Crippen LogP contribution is 2.32. The lowest BCUT2D eigenvalue weighted by Crippen LogP contribution is -2.55. The van der Waals surface area contributed by atoms with E-state index in [4.69, 9.17) is 0 Å². The standard InChI is InChI=1S/C20H24F3N3O/c1-2-5-19(27)26-9-4-8-18(15-26)25-12-10-24(11-13-25)17-7-3-6-16(14-17)20(21,22)23/h3,6-7,14,18H,4,8-13,15H2,1H3. The molecule has 1 atom stereocenters. The fourth-order valence-electron chi connectivity index (χ4n) is 3.85. The zero-order chi connectivity index (χ0) is 19.4. The average Bonchev–Trinajstić information content (AvgIpc) is 2.68. The van der Waals surface area contributed by atoms with Crippen LogP contribution in [0.2, 0.25) is 0 Å². The monoisotopic (exact) mass is 379 g/mol. The number of carbonyl (C=O) groups excluding carboxylic acids is 1. The molecular weight excluding hydrogens is 355 g/mol. The summed E-state index contributed by atoms with van der Waals surface area (Å²) >= 11 is 0. The van der Waals surface area contributed by atoms with Crippen molar-refractivity contribution in [3.63, 3.8) is 0 Å². The van der Waals surface area contributed by atoms with Gasteiger partial charge < -0.3 is 9.80 Å². The molecule has 3 rings (SSSR count). The molecule has 1 unspecified atom stereocenters. The highest BCUT2D eigenvalue weighted by Gasteiger charge is 2.32. The van der Waals surface area contributed by atoms with E-state index < -0.39 is 11.7 Å². The molecule has 0 bridgehead atoms. The Morgan fingerprint density at radius 3 is 2.56 bits per heavy atom. The van der Waals surface area contributed by atoms with Gasteiger partial charge in [-0.15, -0.1) is 0 Å². The maximum absolute atomic E-state index is 12.9. The van der Waals surface area contributed by atoms with E-state index in [1.807, 2.05) is 9.80 Å². The fraction of sp³-hybridized carbons (Fsp3) is 0.550. The predicted molar refractivity (Wildman–Crippen MR) is 98.3 cm³/mol. The van der Waals surface area contributed by atoms with Crippen molar-refractivity contribution >= 4 is 11.6 Å². The third kappa shape index (κ3) is 4.75. The van der Waals surface area contributed by atoms with Gasteiger partial charge in [0.1, 0.15) is 0 Å². The smallest absolute Gasteiger partial charge is 0.369 e. The molecule has 1 aromatic carbocycles. The zero-order valence-electron chi connectivity index (χ0n) is 15.4. The Morgan fingerprint density at radius 1 is 1.15 bits per heavy atom. The van der Waals surface area contributed by atoms with Crippen molar-refractivity contribution < 1.29 is 18.0 Å². The van der Waals surface area contributed by atoms with E-state index in [1.165, 1.54) is 12.1 Å². The van der Waals surface area contributed by atoms with Crippen molar-refractivity contribution in [2.24, 2.45) is 0 Å². The molecular formula is C20H24F3N3O. The van der Waals surface area contributed by atoms with Crippen LogP contribution in [-0.2, 0) is 11.0 Å². The number of hydrogen-bond acceptors (Lipinski definition) is 3. The number of nitrogens with zero attached hydrogens (tertiary/aromatic N) is 3. The predicted octanol–water partition coefficient (Wildman–Crippen LogP) is 2.84. The third-order valence-electron chi connectivity index (χ3n) is 5.28. The van der Waals surface area contributed by atoms with E-state index >= 15 is 0 Å². The van der Waals surface area contributed by atoms with Crippen LogP contribution in [0.4, 0.5) is 18.9 Å². The number of amides is 1. The summed E-state index contributed by atoms with van der Waals surface area (Å²) in [7, 11) is 0. The number of alkyl halides is 3. The average molecular weight is 379 g/mol. The van der Waals surface area contributed by atoms with Crippen molar-refractivity contribution in [2.75, 3.05) is 44.2 Å². The SMILES string of the molecule is CC#CC(=O)N1CCCC(N2CCN(c3cccc(C(F)(F)F)c3)CC2)C1. The van der Waals surface area contributed by atoms with Gasteiger partial charge in [0, 0.05) is 51.0 Å². The molecule has 0 spiro atoms. The quantitative estimate of drug-likeness (QED) is 0.740. The van der Waals surface area contributed by atoms with Crippen LogP contribution in [0.5, 0.6) is 0 Å². The maximum Gasteiger partial charge on any atom is 0.416 e. The van der Waals surface area contributed by atoms with Crippen molar-refractivity contribution in [3.05, 3.63) is 29.8 Å². The van der Waals surface area contributed by atoms with Crippen LogP contribution in [0.1, 0.15) is 25.3 Å². The van der Waals surface area contributed by atoms with E-state index in [2.05, 4.69) is 16.7 Å². The summed E-state index contributed by atoms with van der Waals surface area (Å²) in [6.07, 6.45) is -2.33. The molecule has 4 nitrogen and oxygen atoms in total. The fourth-order valence-corrected chi connectivity index (χ4v) is 3.85.